The summed E-state index contributed by atoms with van der Waals surface area (Å²) in [4.78, 5) is 10.4. The highest BCUT2D eigenvalue weighted by Gasteiger charge is 2.39. The molecule has 0 aliphatic rings. The second kappa shape index (κ2) is 4.49. The Hall–Kier alpha value is -2.18. The van der Waals surface area contributed by atoms with Crippen molar-refractivity contribution in [2.75, 3.05) is 0 Å². The minimum atomic E-state index is -5.16. The zero-order valence-corrected chi connectivity index (χ0v) is 9.09. The van der Waals surface area contributed by atoms with Gasteiger partial charge in [0.1, 0.15) is 23.0 Å². The van der Waals surface area contributed by atoms with Gasteiger partial charge in [0.25, 0.3) is 0 Å². The van der Waals surface area contributed by atoms with Gasteiger partial charge in [0.2, 0.25) is 0 Å². The fraction of sp³-hybridized carbons (Fsp3) is 0.0833. The predicted octanol–water partition coefficient (Wildman–Crippen LogP) is 4.06. The lowest BCUT2D eigenvalue weighted by Crippen LogP contribution is -2.12. The van der Waals surface area contributed by atoms with Gasteiger partial charge in [-0.25, -0.2) is 8.78 Å². The Labute approximate surface area is 103 Å². The Morgan fingerprint density at radius 2 is 1.74 bits per heavy atom. The van der Waals surface area contributed by atoms with E-state index < -0.39 is 28.9 Å². The highest BCUT2D eigenvalue weighted by molar-refractivity contribution is 5.73. The van der Waals surface area contributed by atoms with Gasteiger partial charge in [0.15, 0.2) is 12.0 Å². The van der Waals surface area contributed by atoms with Gasteiger partial charge in [-0.1, -0.05) is 0 Å². The van der Waals surface area contributed by atoms with Crippen molar-refractivity contribution in [2.45, 2.75) is 6.18 Å². The van der Waals surface area contributed by atoms with Gasteiger partial charge in [-0.05, 0) is 24.3 Å². The maximum absolute atomic E-state index is 13.7. The van der Waals surface area contributed by atoms with E-state index in [0.29, 0.717) is 12.4 Å². The van der Waals surface area contributed by atoms with E-state index in [1.807, 2.05) is 0 Å². The molecule has 19 heavy (non-hydrogen) atoms. The standard InChI is InChI=1S/C12H5F5O2/c13-8-3-2-7(9-4-1-6(5-18)19-9)11(14)10(8)12(15,16)17/h1-5H. The summed E-state index contributed by atoms with van der Waals surface area (Å²) in [5.41, 5.74) is -2.56. The first kappa shape index (κ1) is 13.3. The highest BCUT2D eigenvalue weighted by Crippen LogP contribution is 2.37. The molecule has 7 heteroatoms. The Bertz CT molecular complexity index is 628. The summed E-state index contributed by atoms with van der Waals surface area (Å²) in [5.74, 6) is -3.95. The van der Waals surface area contributed by atoms with Crippen LogP contribution in [0.1, 0.15) is 16.1 Å². The Morgan fingerprint density at radius 1 is 1.05 bits per heavy atom. The third-order valence-corrected chi connectivity index (χ3v) is 2.38. The zero-order valence-electron chi connectivity index (χ0n) is 9.09. The molecule has 1 aromatic heterocycles. The van der Waals surface area contributed by atoms with E-state index >= 15 is 0 Å². The van der Waals surface area contributed by atoms with E-state index in [1.165, 1.54) is 6.07 Å². The van der Waals surface area contributed by atoms with Crippen molar-refractivity contribution in [1.29, 1.82) is 0 Å². The smallest absolute Gasteiger partial charge is 0.422 e. The van der Waals surface area contributed by atoms with Gasteiger partial charge in [-0.3, -0.25) is 4.79 Å². The molecule has 0 aliphatic heterocycles. The van der Waals surface area contributed by atoms with Gasteiger partial charge in [-0.15, -0.1) is 0 Å². The normalized spacial score (nSPS) is 11.6. The van der Waals surface area contributed by atoms with Crippen LogP contribution in [0.3, 0.4) is 0 Å². The third kappa shape index (κ3) is 2.35. The molecule has 100 valence electrons. The van der Waals surface area contributed by atoms with Gasteiger partial charge in [0, 0.05) is 0 Å². The maximum atomic E-state index is 13.7. The second-order valence-corrected chi connectivity index (χ2v) is 3.60. The second-order valence-electron chi connectivity index (χ2n) is 3.60. The molecule has 0 amide bonds. The van der Waals surface area contributed by atoms with Crippen LogP contribution in [0.15, 0.2) is 28.7 Å². The Balaban J connectivity index is 2.63. The molecule has 0 unspecified atom stereocenters. The molecule has 0 fully saturated rings. The van der Waals surface area contributed by atoms with E-state index in [9.17, 15) is 26.7 Å². The topological polar surface area (TPSA) is 30.2 Å². The van der Waals surface area contributed by atoms with E-state index in [0.717, 1.165) is 12.1 Å². The minimum absolute atomic E-state index is 0.174. The van der Waals surface area contributed by atoms with E-state index in [1.54, 1.807) is 0 Å². The number of furan rings is 1. The number of alkyl halides is 3. The average Bonchev–Trinajstić information content (AvgIpc) is 2.75. The van der Waals surface area contributed by atoms with E-state index in [2.05, 4.69) is 0 Å². The van der Waals surface area contributed by atoms with Gasteiger partial charge < -0.3 is 4.42 Å². The molecular formula is C12H5F5O2. The Morgan fingerprint density at radius 3 is 2.26 bits per heavy atom. The lowest BCUT2D eigenvalue weighted by molar-refractivity contribution is -0.142. The first-order valence-electron chi connectivity index (χ1n) is 4.95. The molecule has 1 aromatic carbocycles. The summed E-state index contributed by atoms with van der Waals surface area (Å²) in [7, 11) is 0. The molecule has 0 saturated heterocycles. The van der Waals surface area contributed by atoms with Gasteiger partial charge >= 0.3 is 6.18 Å². The van der Waals surface area contributed by atoms with Gasteiger partial charge in [0.05, 0.1) is 5.56 Å². The summed E-state index contributed by atoms with van der Waals surface area (Å²) >= 11 is 0. The lowest BCUT2D eigenvalue weighted by Gasteiger charge is -2.11. The number of hydrogen-bond acceptors (Lipinski definition) is 2. The number of carbonyl (C=O) groups is 1. The van der Waals surface area contributed by atoms with Crippen LogP contribution in [0.5, 0.6) is 0 Å². The number of halogens is 5. The molecule has 2 nitrogen and oxygen atoms in total. The Kier molecular flexibility index (Phi) is 3.13. The highest BCUT2D eigenvalue weighted by atomic mass is 19.4. The quantitative estimate of drug-likeness (QED) is 0.611. The summed E-state index contributed by atoms with van der Waals surface area (Å²) in [6.45, 7) is 0. The predicted molar refractivity (Wildman–Crippen MR) is 54.4 cm³/mol. The van der Waals surface area contributed by atoms with Crippen LogP contribution in [0.25, 0.3) is 11.3 Å². The van der Waals surface area contributed by atoms with Crippen molar-refractivity contribution in [3.8, 4) is 11.3 Å². The van der Waals surface area contributed by atoms with Crippen LogP contribution in [0.4, 0.5) is 22.0 Å². The van der Waals surface area contributed by atoms with Crippen molar-refractivity contribution >= 4 is 6.29 Å². The third-order valence-electron chi connectivity index (χ3n) is 2.38. The molecule has 0 atom stereocenters. The lowest BCUT2D eigenvalue weighted by atomic mass is 10.1. The number of benzene rings is 1. The van der Waals surface area contributed by atoms with Crippen LogP contribution in [-0.4, -0.2) is 6.29 Å². The first-order chi connectivity index (χ1) is 8.84. The van der Waals surface area contributed by atoms with Crippen molar-refractivity contribution in [1.82, 2.24) is 0 Å². The zero-order chi connectivity index (χ0) is 14.2. The molecule has 0 bridgehead atoms. The van der Waals surface area contributed by atoms with Gasteiger partial charge in [-0.2, -0.15) is 13.2 Å². The molecular weight excluding hydrogens is 271 g/mol. The van der Waals surface area contributed by atoms with Crippen LogP contribution < -0.4 is 0 Å². The van der Waals surface area contributed by atoms with Crippen LogP contribution in [-0.2, 0) is 6.18 Å². The fourth-order valence-electron chi connectivity index (χ4n) is 1.56. The minimum Gasteiger partial charge on any atom is -0.453 e. The van der Waals surface area contributed by atoms with Crippen molar-refractivity contribution in [2.24, 2.45) is 0 Å². The number of hydrogen-bond donors (Lipinski definition) is 0. The SMILES string of the molecule is O=Cc1ccc(-c2ccc(F)c(C(F)(F)F)c2F)o1. The molecule has 0 radical (unpaired) electrons. The average molecular weight is 276 g/mol. The molecule has 0 spiro atoms. The fourth-order valence-corrected chi connectivity index (χ4v) is 1.56. The summed E-state index contributed by atoms with van der Waals surface area (Å²) in [6, 6.07) is 3.59. The summed E-state index contributed by atoms with van der Waals surface area (Å²) in [6.07, 6.45) is -4.85. The molecule has 0 aliphatic carbocycles. The van der Waals surface area contributed by atoms with Crippen molar-refractivity contribution in [3.05, 3.63) is 47.2 Å². The number of aldehydes is 1. The monoisotopic (exact) mass is 276 g/mol. The molecule has 0 saturated carbocycles. The maximum Gasteiger partial charge on any atom is 0.422 e. The molecule has 2 aromatic rings. The number of rotatable bonds is 2. The summed E-state index contributed by atoms with van der Waals surface area (Å²) in [5, 5.41) is 0. The molecule has 1 heterocycles. The van der Waals surface area contributed by atoms with Crippen molar-refractivity contribution < 1.29 is 31.2 Å². The van der Waals surface area contributed by atoms with Crippen LogP contribution in [0.2, 0.25) is 0 Å². The largest absolute Gasteiger partial charge is 0.453 e. The van der Waals surface area contributed by atoms with Crippen LogP contribution >= 0.6 is 0 Å². The van der Waals surface area contributed by atoms with Crippen molar-refractivity contribution in [3.63, 3.8) is 0 Å². The van der Waals surface area contributed by atoms with E-state index in [-0.39, 0.29) is 11.5 Å². The summed E-state index contributed by atoms with van der Waals surface area (Å²) < 4.78 is 69.1. The van der Waals surface area contributed by atoms with Crippen LogP contribution in [0, 0.1) is 11.6 Å². The number of carbonyl (C=O) groups excluding carboxylic acids is 1. The molecule has 0 N–H and O–H groups in total. The van der Waals surface area contributed by atoms with E-state index in [4.69, 9.17) is 4.42 Å². The first-order valence-corrected chi connectivity index (χ1v) is 4.95. The molecule has 2 rings (SSSR count).